The van der Waals surface area contributed by atoms with Crippen molar-refractivity contribution in [3.8, 4) is 0 Å². The molecule has 1 aliphatic rings. The predicted octanol–water partition coefficient (Wildman–Crippen LogP) is 3.51. The second-order valence-electron chi connectivity index (χ2n) is 5.90. The van der Waals surface area contributed by atoms with E-state index < -0.39 is 0 Å². The first kappa shape index (κ1) is 13.4. The van der Waals surface area contributed by atoms with Gasteiger partial charge in [0, 0.05) is 24.5 Å². The molecule has 2 aromatic rings. The van der Waals surface area contributed by atoms with Crippen LogP contribution in [0.5, 0.6) is 0 Å². The van der Waals surface area contributed by atoms with Crippen molar-refractivity contribution in [2.75, 3.05) is 25.5 Å². The molecule has 1 aromatic carbocycles. The number of hydrogen-bond acceptors (Lipinski definition) is 3. The Bertz CT molecular complexity index is 586. The van der Waals surface area contributed by atoms with Crippen molar-refractivity contribution in [1.82, 2.24) is 9.88 Å². The molecule has 1 fully saturated rings. The molecule has 0 atom stereocenters. The molecule has 0 saturated carbocycles. The largest absolute Gasteiger partial charge is 0.373 e. The van der Waals surface area contributed by atoms with E-state index in [0.717, 1.165) is 23.8 Å². The van der Waals surface area contributed by atoms with Crippen molar-refractivity contribution < 1.29 is 0 Å². The van der Waals surface area contributed by atoms with Gasteiger partial charge in [0.1, 0.15) is 5.82 Å². The molecule has 0 unspecified atom stereocenters. The van der Waals surface area contributed by atoms with Gasteiger partial charge in [-0.25, -0.2) is 4.98 Å². The fourth-order valence-electron chi connectivity index (χ4n) is 2.96. The molecule has 1 aliphatic heterocycles. The van der Waals surface area contributed by atoms with Crippen LogP contribution in [0.2, 0.25) is 0 Å². The molecule has 1 N–H and O–H groups in total. The Morgan fingerprint density at radius 1 is 1.25 bits per heavy atom. The normalized spacial score (nSPS) is 17.5. The first-order valence-electron chi connectivity index (χ1n) is 7.55. The minimum absolute atomic E-state index is 0.879. The molecule has 1 saturated heterocycles. The number of rotatable bonds is 3. The third-order valence-electron chi connectivity index (χ3n) is 4.31. The molecule has 3 nitrogen and oxygen atoms in total. The zero-order valence-corrected chi connectivity index (χ0v) is 12.4. The summed E-state index contributed by atoms with van der Waals surface area (Å²) in [6.07, 6.45) is 2.63. The molecule has 20 heavy (non-hydrogen) atoms. The van der Waals surface area contributed by atoms with Gasteiger partial charge in [0.2, 0.25) is 0 Å². The molecule has 1 aromatic heterocycles. The Morgan fingerprint density at radius 2 is 2.00 bits per heavy atom. The molecule has 0 aliphatic carbocycles. The van der Waals surface area contributed by atoms with Crippen molar-refractivity contribution >= 4 is 16.7 Å². The third-order valence-corrected chi connectivity index (χ3v) is 4.31. The van der Waals surface area contributed by atoms with Crippen LogP contribution in [0.4, 0.5) is 5.82 Å². The maximum absolute atomic E-state index is 4.74. The van der Waals surface area contributed by atoms with Gasteiger partial charge in [0.15, 0.2) is 0 Å². The Kier molecular flexibility index (Phi) is 3.88. The van der Waals surface area contributed by atoms with Crippen molar-refractivity contribution in [1.29, 1.82) is 0 Å². The summed E-state index contributed by atoms with van der Waals surface area (Å²) in [5.74, 6) is 1.90. The zero-order chi connectivity index (χ0) is 13.9. The molecule has 0 spiro atoms. The van der Waals surface area contributed by atoms with Gasteiger partial charge >= 0.3 is 0 Å². The van der Waals surface area contributed by atoms with Crippen molar-refractivity contribution in [3.63, 3.8) is 0 Å². The van der Waals surface area contributed by atoms with Gasteiger partial charge < -0.3 is 5.32 Å². The van der Waals surface area contributed by atoms with E-state index in [-0.39, 0.29) is 0 Å². The van der Waals surface area contributed by atoms with E-state index in [2.05, 4.69) is 41.4 Å². The maximum Gasteiger partial charge on any atom is 0.130 e. The van der Waals surface area contributed by atoms with Crippen LogP contribution >= 0.6 is 0 Å². The van der Waals surface area contributed by atoms with E-state index >= 15 is 0 Å². The van der Waals surface area contributed by atoms with E-state index in [1.165, 1.54) is 36.9 Å². The van der Waals surface area contributed by atoms with Crippen LogP contribution in [-0.2, 0) is 6.54 Å². The molecular weight excluding hydrogens is 246 g/mol. The summed E-state index contributed by atoms with van der Waals surface area (Å²) in [6.45, 7) is 5.77. The highest BCUT2D eigenvalue weighted by Crippen LogP contribution is 2.24. The molecule has 0 amide bonds. The number of para-hydroxylation sites is 1. The Morgan fingerprint density at radius 3 is 2.75 bits per heavy atom. The summed E-state index contributed by atoms with van der Waals surface area (Å²) >= 11 is 0. The summed E-state index contributed by atoms with van der Waals surface area (Å²) < 4.78 is 0. The molecule has 2 heterocycles. The third kappa shape index (κ3) is 2.78. The van der Waals surface area contributed by atoms with E-state index in [4.69, 9.17) is 4.98 Å². The SMILES string of the molecule is CNc1nc2ccccc2cc1CN1CCC(C)CC1. The predicted molar refractivity (Wildman–Crippen MR) is 85.0 cm³/mol. The molecule has 3 heteroatoms. The smallest absolute Gasteiger partial charge is 0.130 e. The van der Waals surface area contributed by atoms with Crippen molar-refractivity contribution in [3.05, 3.63) is 35.9 Å². The quantitative estimate of drug-likeness (QED) is 0.924. The standard InChI is InChI=1S/C17H23N3/c1-13-7-9-20(10-8-13)12-15-11-14-5-3-4-6-16(14)19-17(15)18-2/h3-6,11,13H,7-10,12H2,1-2H3,(H,18,19). The second-order valence-corrected chi connectivity index (χ2v) is 5.90. The van der Waals surface area contributed by atoms with Gasteiger partial charge in [-0.1, -0.05) is 25.1 Å². The lowest BCUT2D eigenvalue weighted by Crippen LogP contribution is -2.32. The van der Waals surface area contributed by atoms with Gasteiger partial charge in [-0.05, 0) is 44.0 Å². The van der Waals surface area contributed by atoms with Gasteiger partial charge in [-0.2, -0.15) is 0 Å². The maximum atomic E-state index is 4.74. The fraction of sp³-hybridized carbons (Fsp3) is 0.471. The minimum Gasteiger partial charge on any atom is -0.373 e. The number of nitrogens with one attached hydrogen (secondary N) is 1. The molecule has 0 radical (unpaired) electrons. The first-order valence-corrected chi connectivity index (χ1v) is 7.55. The Labute approximate surface area is 121 Å². The topological polar surface area (TPSA) is 28.2 Å². The van der Waals surface area contributed by atoms with Crippen LogP contribution < -0.4 is 5.32 Å². The number of likely N-dealkylation sites (tertiary alicyclic amines) is 1. The van der Waals surface area contributed by atoms with Crippen LogP contribution in [0, 0.1) is 5.92 Å². The van der Waals surface area contributed by atoms with Gasteiger partial charge in [-0.3, -0.25) is 4.90 Å². The number of piperidine rings is 1. The summed E-state index contributed by atoms with van der Waals surface area (Å²) in [5, 5.41) is 4.48. The van der Waals surface area contributed by atoms with Crippen molar-refractivity contribution in [2.45, 2.75) is 26.3 Å². The summed E-state index contributed by atoms with van der Waals surface area (Å²) in [7, 11) is 1.96. The number of pyridine rings is 1. The summed E-state index contributed by atoms with van der Waals surface area (Å²) in [6, 6.07) is 10.6. The van der Waals surface area contributed by atoms with Gasteiger partial charge in [0.05, 0.1) is 5.52 Å². The molecular formula is C17H23N3. The molecule has 0 bridgehead atoms. The lowest BCUT2D eigenvalue weighted by Gasteiger charge is -2.30. The first-order chi connectivity index (χ1) is 9.76. The van der Waals surface area contributed by atoms with Crippen LogP contribution in [0.25, 0.3) is 10.9 Å². The second kappa shape index (κ2) is 5.80. The van der Waals surface area contributed by atoms with Gasteiger partial charge in [-0.15, -0.1) is 0 Å². The lowest BCUT2D eigenvalue weighted by atomic mass is 9.99. The van der Waals surface area contributed by atoms with E-state index in [9.17, 15) is 0 Å². The summed E-state index contributed by atoms with van der Waals surface area (Å²) in [4.78, 5) is 7.28. The highest BCUT2D eigenvalue weighted by atomic mass is 15.1. The van der Waals surface area contributed by atoms with Crippen LogP contribution in [-0.4, -0.2) is 30.0 Å². The minimum atomic E-state index is 0.879. The van der Waals surface area contributed by atoms with Gasteiger partial charge in [0.25, 0.3) is 0 Å². The van der Waals surface area contributed by atoms with E-state index in [0.29, 0.717) is 0 Å². The summed E-state index contributed by atoms with van der Waals surface area (Å²) in [5.41, 5.74) is 2.37. The average molecular weight is 269 g/mol. The molecule has 3 rings (SSSR count). The Balaban J connectivity index is 1.86. The number of hydrogen-bond donors (Lipinski definition) is 1. The average Bonchev–Trinajstić information content (AvgIpc) is 2.49. The van der Waals surface area contributed by atoms with Crippen molar-refractivity contribution in [2.24, 2.45) is 5.92 Å². The van der Waals surface area contributed by atoms with Crippen LogP contribution in [0.1, 0.15) is 25.3 Å². The number of benzene rings is 1. The highest BCUT2D eigenvalue weighted by Gasteiger charge is 2.17. The van der Waals surface area contributed by atoms with E-state index in [1.54, 1.807) is 0 Å². The monoisotopic (exact) mass is 269 g/mol. The van der Waals surface area contributed by atoms with E-state index in [1.807, 2.05) is 13.1 Å². The lowest BCUT2D eigenvalue weighted by molar-refractivity contribution is 0.185. The number of nitrogens with zero attached hydrogens (tertiary/aromatic N) is 2. The van der Waals surface area contributed by atoms with Crippen LogP contribution in [0.3, 0.4) is 0 Å². The highest BCUT2D eigenvalue weighted by molar-refractivity contribution is 5.81. The van der Waals surface area contributed by atoms with Crippen LogP contribution in [0.15, 0.2) is 30.3 Å². The fourth-order valence-corrected chi connectivity index (χ4v) is 2.96. The number of fused-ring (bicyclic) bond motifs is 1. The number of aromatic nitrogens is 1. The molecule has 106 valence electrons. The Hall–Kier alpha value is -1.61. The number of anilines is 1. The zero-order valence-electron chi connectivity index (χ0n) is 12.4.